The van der Waals surface area contributed by atoms with Crippen molar-refractivity contribution in [3.8, 4) is 12.0 Å². The molecule has 0 saturated heterocycles. The molecule has 0 aliphatic carbocycles. The van der Waals surface area contributed by atoms with Gasteiger partial charge in [0.15, 0.2) is 0 Å². The highest BCUT2D eigenvalue weighted by Gasteiger charge is 1.45. The lowest BCUT2D eigenvalue weighted by Crippen LogP contribution is -1.90. The Kier molecular flexibility index (Phi) is 3.48. The number of hydrogen-bond donors (Lipinski definition) is 1. The number of rotatable bonds is 0. The Labute approximate surface area is 38.1 Å². The summed E-state index contributed by atoms with van der Waals surface area (Å²) in [5.74, 6) is 2.60. The molecule has 0 atom stereocenters. The second-order valence-corrected chi connectivity index (χ2v) is 0.723. The van der Waals surface area contributed by atoms with Gasteiger partial charge in [-0.25, -0.2) is 0 Å². The molecule has 0 amide bonds. The van der Waals surface area contributed by atoms with Crippen molar-refractivity contribution in [1.29, 1.82) is 0 Å². The van der Waals surface area contributed by atoms with Crippen LogP contribution in [0.4, 0.5) is 0 Å². The van der Waals surface area contributed by atoms with Crippen LogP contribution in [0.15, 0.2) is 12.7 Å². The largest absolute Gasteiger partial charge is 0.349 e. The van der Waals surface area contributed by atoms with E-state index in [2.05, 4.69) is 23.9 Å². The number of allylic oxidation sites excluding steroid dienone is 1. The Balaban J connectivity index is 3.13. The van der Waals surface area contributed by atoms with E-state index in [1.54, 1.807) is 7.05 Å². The molecule has 6 heavy (non-hydrogen) atoms. The third-order valence-corrected chi connectivity index (χ3v) is 0.299. The van der Waals surface area contributed by atoms with E-state index in [4.69, 9.17) is 0 Å². The van der Waals surface area contributed by atoms with Crippen LogP contribution in [-0.2, 0) is 0 Å². The quantitative estimate of drug-likeness (QED) is 0.328. The zero-order chi connectivity index (χ0) is 4.83. The second-order valence-electron chi connectivity index (χ2n) is 0.723. The molecule has 0 unspecified atom stereocenters. The van der Waals surface area contributed by atoms with Gasteiger partial charge in [0, 0.05) is 13.1 Å². The first kappa shape index (κ1) is 5.10. The van der Waals surface area contributed by atoms with Crippen LogP contribution in [0.2, 0.25) is 0 Å². The van der Waals surface area contributed by atoms with Crippen molar-refractivity contribution < 1.29 is 0 Å². The lowest BCUT2D eigenvalue weighted by molar-refractivity contribution is 1.16. The van der Waals surface area contributed by atoms with E-state index in [-0.39, 0.29) is 0 Å². The summed E-state index contributed by atoms with van der Waals surface area (Å²) in [6.45, 7) is 3.38. The first-order valence-corrected chi connectivity index (χ1v) is 1.70. The fraction of sp³-hybridized carbons (Fsp3) is 0.200. The normalized spacial score (nSPS) is 4.83. The molecule has 1 N–H and O–H groups in total. The third-order valence-electron chi connectivity index (χ3n) is 0.299. The fourth-order valence-electron chi connectivity index (χ4n) is 0.123. The van der Waals surface area contributed by atoms with Gasteiger partial charge < -0.3 is 5.32 Å². The molecule has 1 heteroatoms. The minimum atomic E-state index is 1.54. The van der Waals surface area contributed by atoms with E-state index in [9.17, 15) is 0 Å². The van der Waals surface area contributed by atoms with Crippen LogP contribution in [-0.4, -0.2) is 7.05 Å². The molecule has 0 aromatic carbocycles. The van der Waals surface area contributed by atoms with Crippen LogP contribution in [0, 0.1) is 12.0 Å². The van der Waals surface area contributed by atoms with Crippen molar-refractivity contribution in [2.45, 2.75) is 0 Å². The van der Waals surface area contributed by atoms with Crippen molar-refractivity contribution in [2.75, 3.05) is 7.05 Å². The molecule has 0 aromatic rings. The SMILES string of the molecule is C=CC#CNC. The molecule has 0 aliphatic rings. The van der Waals surface area contributed by atoms with Crippen molar-refractivity contribution in [3.05, 3.63) is 12.7 Å². The van der Waals surface area contributed by atoms with Gasteiger partial charge in [-0.3, -0.25) is 0 Å². The van der Waals surface area contributed by atoms with E-state index < -0.39 is 0 Å². The van der Waals surface area contributed by atoms with Crippen LogP contribution in [0.5, 0.6) is 0 Å². The average molecular weight is 81.1 g/mol. The maximum Gasteiger partial charge on any atom is 0.0116 e. The lowest BCUT2D eigenvalue weighted by atomic mass is 10.7. The lowest BCUT2D eigenvalue weighted by Gasteiger charge is -1.69. The maximum absolute atomic E-state index is 3.38. The Hall–Kier alpha value is -0.900. The third kappa shape index (κ3) is 3.10. The summed E-state index contributed by atoms with van der Waals surface area (Å²) in [4.78, 5) is 0. The van der Waals surface area contributed by atoms with Crippen LogP contribution in [0.25, 0.3) is 0 Å². The van der Waals surface area contributed by atoms with Gasteiger partial charge in [0.05, 0.1) is 0 Å². The van der Waals surface area contributed by atoms with Gasteiger partial charge in [-0.2, -0.15) is 0 Å². The zero-order valence-electron chi connectivity index (χ0n) is 3.78. The molecule has 0 heterocycles. The van der Waals surface area contributed by atoms with Gasteiger partial charge in [0.25, 0.3) is 0 Å². The van der Waals surface area contributed by atoms with E-state index in [1.807, 2.05) is 0 Å². The standard InChI is InChI=1S/C5H7N/c1-3-4-5-6-2/h3,6H,1H2,2H3. The molecule has 1 nitrogen and oxygen atoms in total. The Morgan fingerprint density at radius 1 is 1.83 bits per heavy atom. The Morgan fingerprint density at radius 2 is 2.50 bits per heavy atom. The summed E-state index contributed by atoms with van der Waals surface area (Å²) >= 11 is 0. The Morgan fingerprint density at radius 3 is 2.67 bits per heavy atom. The van der Waals surface area contributed by atoms with Crippen LogP contribution >= 0.6 is 0 Å². The van der Waals surface area contributed by atoms with Gasteiger partial charge in [-0.15, -0.1) is 0 Å². The van der Waals surface area contributed by atoms with Crippen molar-refractivity contribution in [2.24, 2.45) is 0 Å². The van der Waals surface area contributed by atoms with Gasteiger partial charge in [0.2, 0.25) is 0 Å². The van der Waals surface area contributed by atoms with E-state index >= 15 is 0 Å². The molecule has 0 saturated carbocycles. The van der Waals surface area contributed by atoms with E-state index in [1.165, 1.54) is 6.08 Å². The average Bonchev–Trinajstić information content (AvgIpc) is 1.61. The van der Waals surface area contributed by atoms with Gasteiger partial charge in [-0.1, -0.05) is 12.5 Å². The van der Waals surface area contributed by atoms with Gasteiger partial charge in [-0.05, 0) is 6.08 Å². The predicted octanol–water partition coefficient (Wildman–Crippen LogP) is 0.353. The highest BCUT2D eigenvalue weighted by molar-refractivity contribution is 5.10. The molecule has 0 bridgehead atoms. The van der Waals surface area contributed by atoms with Crippen LogP contribution < -0.4 is 5.32 Å². The van der Waals surface area contributed by atoms with Crippen LogP contribution in [0.1, 0.15) is 0 Å². The minimum absolute atomic E-state index is 1.54. The predicted molar refractivity (Wildman–Crippen MR) is 27.0 cm³/mol. The zero-order valence-corrected chi connectivity index (χ0v) is 3.78. The number of hydrogen-bond acceptors (Lipinski definition) is 1. The maximum atomic E-state index is 3.38. The first-order chi connectivity index (χ1) is 2.91. The minimum Gasteiger partial charge on any atom is -0.349 e. The molecule has 0 aromatic heterocycles. The van der Waals surface area contributed by atoms with Crippen molar-refractivity contribution >= 4 is 0 Å². The molecular weight excluding hydrogens is 74.1 g/mol. The van der Waals surface area contributed by atoms with Crippen LogP contribution in [0.3, 0.4) is 0 Å². The van der Waals surface area contributed by atoms with Gasteiger partial charge >= 0.3 is 0 Å². The molecule has 0 aliphatic heterocycles. The van der Waals surface area contributed by atoms with E-state index in [0.29, 0.717) is 0 Å². The highest BCUT2D eigenvalue weighted by Crippen LogP contribution is 1.47. The summed E-state index contributed by atoms with van der Waals surface area (Å²) in [7, 11) is 1.76. The second kappa shape index (κ2) is 4.10. The highest BCUT2D eigenvalue weighted by atomic mass is 14.8. The Bertz CT molecular complexity index is 83.8. The molecule has 32 valence electrons. The van der Waals surface area contributed by atoms with E-state index in [0.717, 1.165) is 0 Å². The molecular formula is C5H7N. The van der Waals surface area contributed by atoms with Crippen molar-refractivity contribution in [3.63, 3.8) is 0 Å². The molecule has 0 spiro atoms. The summed E-state index contributed by atoms with van der Waals surface area (Å²) in [6.07, 6.45) is 1.54. The summed E-state index contributed by atoms with van der Waals surface area (Å²) < 4.78 is 0. The van der Waals surface area contributed by atoms with Crippen molar-refractivity contribution in [1.82, 2.24) is 5.32 Å². The summed E-state index contributed by atoms with van der Waals surface area (Å²) in [5, 5.41) is 2.64. The molecule has 0 radical (unpaired) electrons. The first-order valence-electron chi connectivity index (χ1n) is 1.70. The summed E-state index contributed by atoms with van der Waals surface area (Å²) in [5.41, 5.74) is 0. The molecule has 0 rings (SSSR count). The fourth-order valence-corrected chi connectivity index (χ4v) is 0.123. The topological polar surface area (TPSA) is 12.0 Å². The smallest absolute Gasteiger partial charge is 0.0116 e. The number of nitrogens with one attached hydrogen (secondary N) is 1. The van der Waals surface area contributed by atoms with Gasteiger partial charge in [0.1, 0.15) is 0 Å². The summed E-state index contributed by atoms with van der Waals surface area (Å²) in [6, 6.07) is 2.58. The molecule has 0 fully saturated rings. The monoisotopic (exact) mass is 81.1 g/mol.